The first-order valence-corrected chi connectivity index (χ1v) is 10.5. The average molecular weight is 437 g/mol. The third kappa shape index (κ3) is 5.98. The van der Waals surface area contributed by atoms with Gasteiger partial charge in [-0.2, -0.15) is 0 Å². The predicted octanol–water partition coefficient (Wildman–Crippen LogP) is 3.01. The van der Waals surface area contributed by atoms with Crippen LogP contribution in [0.4, 0.5) is 16.2 Å². The summed E-state index contributed by atoms with van der Waals surface area (Å²) in [5.74, 6) is 0.240. The lowest BCUT2D eigenvalue weighted by Crippen LogP contribution is -2.52. The summed E-state index contributed by atoms with van der Waals surface area (Å²) in [6, 6.07) is 3.21. The van der Waals surface area contributed by atoms with Gasteiger partial charge in [0, 0.05) is 19.2 Å². The molecular formula is C21H31N3O7. The molecule has 1 aromatic carbocycles. The number of ether oxygens (including phenoxy) is 4. The Hall–Kier alpha value is -2.59. The van der Waals surface area contributed by atoms with Crippen LogP contribution in [0.5, 0.6) is 5.75 Å². The lowest BCUT2D eigenvalue weighted by Gasteiger charge is -2.37. The number of benzene rings is 1. The number of amides is 1. The van der Waals surface area contributed by atoms with Crippen LogP contribution in [0.15, 0.2) is 12.1 Å². The third-order valence-corrected chi connectivity index (χ3v) is 5.24. The van der Waals surface area contributed by atoms with Crippen LogP contribution in [-0.2, 0) is 20.8 Å². The molecule has 0 radical (unpaired) electrons. The summed E-state index contributed by atoms with van der Waals surface area (Å²) in [6.45, 7) is 7.98. The highest BCUT2D eigenvalue weighted by molar-refractivity contribution is 5.69. The molecule has 2 fully saturated rings. The molecule has 2 atom stereocenters. The van der Waals surface area contributed by atoms with Crippen LogP contribution >= 0.6 is 0 Å². The fourth-order valence-corrected chi connectivity index (χ4v) is 3.62. The number of methoxy groups -OCH3 is 1. The molecule has 1 aliphatic carbocycles. The molecule has 1 saturated heterocycles. The largest absolute Gasteiger partial charge is 0.489 e. The molecule has 0 spiro atoms. The molecule has 172 valence electrons. The van der Waals surface area contributed by atoms with Crippen LogP contribution < -0.4 is 15.0 Å². The van der Waals surface area contributed by atoms with Gasteiger partial charge in [0.05, 0.1) is 49.7 Å². The van der Waals surface area contributed by atoms with E-state index in [0.717, 1.165) is 12.8 Å². The van der Waals surface area contributed by atoms with E-state index in [1.165, 1.54) is 13.2 Å². The van der Waals surface area contributed by atoms with E-state index >= 15 is 0 Å². The van der Waals surface area contributed by atoms with Crippen molar-refractivity contribution in [2.24, 2.45) is 0 Å². The molecule has 1 heterocycles. The number of carbonyl (C=O) groups is 1. The Morgan fingerprint density at radius 3 is 2.55 bits per heavy atom. The van der Waals surface area contributed by atoms with Crippen molar-refractivity contribution in [3.05, 3.63) is 27.8 Å². The number of nitrogens with zero attached hydrogens (tertiary/aromatic N) is 2. The summed E-state index contributed by atoms with van der Waals surface area (Å²) >= 11 is 0. The van der Waals surface area contributed by atoms with Crippen molar-refractivity contribution in [3.8, 4) is 5.75 Å². The number of nitro groups is 1. The minimum Gasteiger partial charge on any atom is -0.489 e. The normalized spacial score (nSPS) is 21.2. The number of nitro benzene ring substituents is 1. The summed E-state index contributed by atoms with van der Waals surface area (Å²) in [5.41, 5.74) is 0.678. The number of alkyl carbamates (subject to hydrolysis) is 1. The van der Waals surface area contributed by atoms with Crippen LogP contribution in [-0.4, -0.2) is 62.2 Å². The number of carbonyl (C=O) groups excluding carboxylic acids is 1. The van der Waals surface area contributed by atoms with Crippen LogP contribution in [0.25, 0.3) is 0 Å². The first kappa shape index (κ1) is 23.1. The topological polar surface area (TPSA) is 112 Å². The van der Waals surface area contributed by atoms with Crippen LogP contribution in [0.2, 0.25) is 0 Å². The standard InChI is InChI=1S/C21H31N3O7/c1-21(2,3)31-20(25)22-15-5-6-18(15)30-13-14-11-16(23-7-9-29-10-8-23)19(28-4)17(12-14)24(26)27/h11-12,15,18H,5-10,13H2,1-4H3,(H,22,25)/t15-,18-/m1/s1. The van der Waals surface area contributed by atoms with Gasteiger partial charge in [0.1, 0.15) is 5.60 Å². The number of hydrogen-bond donors (Lipinski definition) is 1. The fraction of sp³-hybridized carbons (Fsp3) is 0.667. The van der Waals surface area contributed by atoms with Gasteiger partial charge in [-0.1, -0.05) is 0 Å². The molecular weight excluding hydrogens is 406 g/mol. The van der Waals surface area contributed by atoms with Gasteiger partial charge in [-0.3, -0.25) is 10.1 Å². The van der Waals surface area contributed by atoms with Crippen molar-refractivity contribution in [1.29, 1.82) is 0 Å². The van der Waals surface area contributed by atoms with E-state index in [1.54, 1.807) is 0 Å². The van der Waals surface area contributed by atoms with E-state index < -0.39 is 16.6 Å². The lowest BCUT2D eigenvalue weighted by atomic mass is 9.89. The van der Waals surface area contributed by atoms with Gasteiger partial charge in [-0.15, -0.1) is 0 Å². The molecule has 10 nitrogen and oxygen atoms in total. The van der Waals surface area contributed by atoms with Crippen LogP contribution in [0.3, 0.4) is 0 Å². The highest BCUT2D eigenvalue weighted by atomic mass is 16.6. The summed E-state index contributed by atoms with van der Waals surface area (Å²) in [4.78, 5) is 25.2. The van der Waals surface area contributed by atoms with E-state index in [4.69, 9.17) is 18.9 Å². The van der Waals surface area contributed by atoms with Gasteiger partial charge in [0.15, 0.2) is 0 Å². The monoisotopic (exact) mass is 437 g/mol. The van der Waals surface area contributed by atoms with Gasteiger partial charge < -0.3 is 29.2 Å². The summed E-state index contributed by atoms with van der Waals surface area (Å²) in [7, 11) is 1.43. The highest BCUT2D eigenvalue weighted by Crippen LogP contribution is 2.39. The second-order valence-electron chi connectivity index (χ2n) is 8.70. The predicted molar refractivity (Wildman–Crippen MR) is 114 cm³/mol. The Kier molecular flexibility index (Phi) is 7.22. The minimum atomic E-state index is -0.567. The first-order valence-electron chi connectivity index (χ1n) is 10.5. The van der Waals surface area contributed by atoms with Gasteiger partial charge in [0.25, 0.3) is 0 Å². The lowest BCUT2D eigenvalue weighted by molar-refractivity contribution is -0.385. The van der Waals surface area contributed by atoms with Crippen molar-refractivity contribution in [3.63, 3.8) is 0 Å². The Bertz CT molecular complexity index is 803. The molecule has 1 aromatic rings. The molecule has 0 unspecified atom stereocenters. The van der Waals surface area contributed by atoms with Crippen LogP contribution in [0.1, 0.15) is 39.2 Å². The number of anilines is 1. The molecule has 1 saturated carbocycles. The van der Waals surface area contributed by atoms with Crippen LogP contribution in [0, 0.1) is 10.1 Å². The first-order chi connectivity index (χ1) is 14.7. The van der Waals surface area contributed by atoms with E-state index in [-0.39, 0.29) is 30.2 Å². The Labute approximate surface area is 181 Å². The molecule has 3 rings (SSSR count). The number of nitrogens with one attached hydrogen (secondary N) is 1. The van der Waals surface area contributed by atoms with Gasteiger partial charge in [-0.05, 0) is 45.2 Å². The van der Waals surface area contributed by atoms with Crippen molar-refractivity contribution < 1.29 is 28.7 Å². The molecule has 1 N–H and O–H groups in total. The zero-order valence-electron chi connectivity index (χ0n) is 18.5. The number of rotatable bonds is 7. The molecule has 2 aliphatic rings. The summed E-state index contributed by atoms with van der Waals surface area (Å²) in [5, 5.41) is 14.5. The van der Waals surface area contributed by atoms with E-state index in [2.05, 4.69) is 5.32 Å². The second kappa shape index (κ2) is 9.69. The molecule has 1 aliphatic heterocycles. The summed E-state index contributed by atoms with van der Waals surface area (Å²) < 4.78 is 22.0. The Morgan fingerprint density at radius 1 is 1.29 bits per heavy atom. The molecule has 31 heavy (non-hydrogen) atoms. The molecule has 0 bridgehead atoms. The molecule has 0 aromatic heterocycles. The zero-order valence-corrected chi connectivity index (χ0v) is 18.5. The third-order valence-electron chi connectivity index (χ3n) is 5.24. The quantitative estimate of drug-likeness (QED) is 0.512. The number of hydrogen-bond acceptors (Lipinski definition) is 8. The van der Waals surface area contributed by atoms with Gasteiger partial charge in [-0.25, -0.2) is 4.79 Å². The maximum Gasteiger partial charge on any atom is 0.407 e. The molecule has 1 amide bonds. The second-order valence-corrected chi connectivity index (χ2v) is 8.70. The Morgan fingerprint density at radius 2 is 2.00 bits per heavy atom. The van der Waals surface area contributed by atoms with Crippen molar-refractivity contribution in [2.45, 2.75) is 58.0 Å². The average Bonchev–Trinajstić information content (AvgIpc) is 2.70. The van der Waals surface area contributed by atoms with E-state index in [1.807, 2.05) is 31.7 Å². The van der Waals surface area contributed by atoms with Crippen molar-refractivity contribution in [1.82, 2.24) is 5.32 Å². The van der Waals surface area contributed by atoms with Gasteiger partial charge >= 0.3 is 11.8 Å². The number of morpholine rings is 1. The maximum absolute atomic E-state index is 12.0. The zero-order chi connectivity index (χ0) is 22.6. The SMILES string of the molecule is COc1c(N2CCOCC2)cc(CO[C@@H]2CC[C@H]2NC(=O)OC(C)(C)C)cc1[N+](=O)[O-]. The van der Waals surface area contributed by atoms with Gasteiger partial charge in [0.2, 0.25) is 5.75 Å². The smallest absolute Gasteiger partial charge is 0.407 e. The molecule has 10 heteroatoms. The fourth-order valence-electron chi connectivity index (χ4n) is 3.62. The minimum absolute atomic E-state index is 0.0952. The van der Waals surface area contributed by atoms with E-state index in [9.17, 15) is 14.9 Å². The van der Waals surface area contributed by atoms with Crippen molar-refractivity contribution >= 4 is 17.5 Å². The summed E-state index contributed by atoms with van der Waals surface area (Å²) in [6.07, 6.45) is 0.960. The van der Waals surface area contributed by atoms with Crippen molar-refractivity contribution in [2.75, 3.05) is 38.3 Å². The highest BCUT2D eigenvalue weighted by Gasteiger charge is 2.34. The van der Waals surface area contributed by atoms with E-state index in [0.29, 0.717) is 37.6 Å². The Balaban J connectivity index is 1.69. The maximum atomic E-state index is 12.0.